The van der Waals surface area contributed by atoms with Crippen molar-refractivity contribution in [3.05, 3.63) is 81.4 Å². The molecule has 1 unspecified atom stereocenters. The third-order valence-corrected chi connectivity index (χ3v) is 4.20. The normalized spacial score (nSPS) is 12.1. The molecule has 2 heterocycles. The Bertz CT molecular complexity index is 951. The summed E-state index contributed by atoms with van der Waals surface area (Å²) in [6.45, 7) is 1.88. The van der Waals surface area contributed by atoms with E-state index in [1.165, 1.54) is 10.5 Å². The molecule has 128 valence electrons. The summed E-state index contributed by atoms with van der Waals surface area (Å²) < 4.78 is 6.83. The van der Waals surface area contributed by atoms with E-state index < -0.39 is 0 Å². The number of carbonyl (C=O) groups excluding carboxylic acids is 1. The van der Waals surface area contributed by atoms with Crippen LogP contribution >= 0.6 is 11.6 Å². The van der Waals surface area contributed by atoms with Crippen molar-refractivity contribution in [2.75, 3.05) is 0 Å². The van der Waals surface area contributed by atoms with Gasteiger partial charge in [-0.15, -0.1) is 0 Å². The summed E-state index contributed by atoms with van der Waals surface area (Å²) in [5.74, 6) is -0.723. The zero-order chi connectivity index (χ0) is 17.8. The van der Waals surface area contributed by atoms with Crippen LogP contribution in [0.25, 0.3) is 5.65 Å². The van der Waals surface area contributed by atoms with Crippen LogP contribution in [0.5, 0.6) is 0 Å². The number of rotatable bonds is 5. The second-order valence-electron chi connectivity index (χ2n) is 5.63. The first-order valence-corrected chi connectivity index (χ1v) is 8.35. The quantitative estimate of drug-likeness (QED) is 0.655. The van der Waals surface area contributed by atoms with E-state index in [2.05, 4.69) is 4.98 Å². The number of ether oxygens (including phenoxy) is 1. The summed E-state index contributed by atoms with van der Waals surface area (Å²) in [7, 11) is 0. The lowest BCUT2D eigenvalue weighted by Crippen LogP contribution is -2.18. The fraction of sp³-hybridized carbons (Fsp3) is 0.211. The number of halogens is 1. The van der Waals surface area contributed by atoms with Crippen LogP contribution in [0.1, 0.15) is 30.5 Å². The second kappa shape index (κ2) is 7.49. The van der Waals surface area contributed by atoms with Gasteiger partial charge in [0.05, 0.1) is 11.6 Å². The molecule has 5 nitrogen and oxygen atoms in total. The highest BCUT2D eigenvalue weighted by molar-refractivity contribution is 6.30. The average Bonchev–Trinajstić information content (AvgIpc) is 2.62. The molecule has 3 aromatic rings. The maximum atomic E-state index is 12.4. The summed E-state index contributed by atoms with van der Waals surface area (Å²) >= 11 is 5.89. The molecule has 0 N–H and O–H groups in total. The van der Waals surface area contributed by atoms with E-state index in [1.54, 1.807) is 36.5 Å². The predicted octanol–water partition coefficient (Wildman–Crippen LogP) is 3.58. The Balaban J connectivity index is 1.75. The first kappa shape index (κ1) is 17.2. The molecule has 0 bridgehead atoms. The highest BCUT2D eigenvalue weighted by atomic mass is 35.5. The van der Waals surface area contributed by atoms with Crippen molar-refractivity contribution >= 4 is 23.2 Å². The summed E-state index contributed by atoms with van der Waals surface area (Å²) in [6.07, 6.45) is 2.25. The molecule has 0 radical (unpaired) electrons. The molecule has 0 fully saturated rings. The Kier molecular flexibility index (Phi) is 5.14. The van der Waals surface area contributed by atoms with E-state index in [1.807, 2.05) is 19.1 Å². The predicted molar refractivity (Wildman–Crippen MR) is 95.7 cm³/mol. The van der Waals surface area contributed by atoms with E-state index in [4.69, 9.17) is 16.3 Å². The monoisotopic (exact) mass is 356 g/mol. The third-order valence-electron chi connectivity index (χ3n) is 3.95. The first-order valence-electron chi connectivity index (χ1n) is 7.98. The number of hydrogen-bond donors (Lipinski definition) is 0. The molecule has 0 saturated heterocycles. The van der Waals surface area contributed by atoms with Gasteiger partial charge in [-0.2, -0.15) is 0 Å². The van der Waals surface area contributed by atoms with Crippen molar-refractivity contribution in [1.29, 1.82) is 0 Å². The average molecular weight is 357 g/mol. The summed E-state index contributed by atoms with van der Waals surface area (Å²) in [5, 5.41) is 0.618. The highest BCUT2D eigenvalue weighted by Gasteiger charge is 2.20. The number of carbonyl (C=O) groups is 1. The SMILES string of the molecule is CCC(C(=O)OCc1cc(=O)n2ccccc2n1)c1ccc(Cl)cc1. The fourth-order valence-corrected chi connectivity index (χ4v) is 2.78. The number of esters is 1. The van der Waals surface area contributed by atoms with Gasteiger partial charge in [0, 0.05) is 17.3 Å². The van der Waals surface area contributed by atoms with Gasteiger partial charge in [0.25, 0.3) is 5.56 Å². The first-order chi connectivity index (χ1) is 12.1. The number of fused-ring (bicyclic) bond motifs is 1. The summed E-state index contributed by atoms with van der Waals surface area (Å²) in [5.41, 5.74) is 1.59. The lowest BCUT2D eigenvalue weighted by atomic mass is 9.97. The number of nitrogens with zero attached hydrogens (tertiary/aromatic N) is 2. The van der Waals surface area contributed by atoms with Crippen molar-refractivity contribution in [3.63, 3.8) is 0 Å². The Morgan fingerprint density at radius 1 is 1.24 bits per heavy atom. The lowest BCUT2D eigenvalue weighted by Gasteiger charge is -2.14. The van der Waals surface area contributed by atoms with Crippen molar-refractivity contribution in [3.8, 4) is 0 Å². The van der Waals surface area contributed by atoms with E-state index >= 15 is 0 Å². The highest BCUT2D eigenvalue weighted by Crippen LogP contribution is 2.23. The molecule has 0 amide bonds. The molecular formula is C19H17ClN2O3. The molecule has 2 aromatic heterocycles. The molecule has 3 rings (SSSR count). The number of pyridine rings is 1. The Labute approximate surface area is 149 Å². The van der Waals surface area contributed by atoms with Crippen molar-refractivity contribution < 1.29 is 9.53 Å². The van der Waals surface area contributed by atoms with Crippen molar-refractivity contribution in [2.45, 2.75) is 25.9 Å². The van der Waals surface area contributed by atoms with Crippen LogP contribution < -0.4 is 5.56 Å². The number of aromatic nitrogens is 2. The molecular weight excluding hydrogens is 340 g/mol. The van der Waals surface area contributed by atoms with Gasteiger partial charge in [0.1, 0.15) is 12.3 Å². The van der Waals surface area contributed by atoms with Crippen molar-refractivity contribution in [1.82, 2.24) is 9.38 Å². The smallest absolute Gasteiger partial charge is 0.313 e. The minimum absolute atomic E-state index is 0.0381. The number of hydrogen-bond acceptors (Lipinski definition) is 4. The Morgan fingerprint density at radius 3 is 2.72 bits per heavy atom. The zero-order valence-corrected chi connectivity index (χ0v) is 14.4. The topological polar surface area (TPSA) is 60.7 Å². The van der Waals surface area contributed by atoms with Crippen molar-refractivity contribution in [2.24, 2.45) is 0 Å². The van der Waals surface area contributed by atoms with Gasteiger partial charge < -0.3 is 4.74 Å². The second-order valence-corrected chi connectivity index (χ2v) is 6.07. The van der Waals surface area contributed by atoms with Gasteiger partial charge in [-0.1, -0.05) is 36.7 Å². The van der Waals surface area contributed by atoms with Gasteiger partial charge in [-0.25, -0.2) is 4.98 Å². The lowest BCUT2D eigenvalue weighted by molar-refractivity contribution is -0.147. The molecule has 6 heteroatoms. The standard InChI is InChI=1S/C19H17ClN2O3/c1-2-16(13-6-8-14(20)9-7-13)19(24)25-12-15-11-18(23)22-10-4-3-5-17(22)21-15/h3-11,16H,2,12H2,1H3. The molecule has 0 aliphatic carbocycles. The maximum Gasteiger partial charge on any atom is 0.313 e. The minimum Gasteiger partial charge on any atom is -0.459 e. The Morgan fingerprint density at radius 2 is 2.00 bits per heavy atom. The van der Waals surface area contributed by atoms with E-state index in [0.717, 1.165) is 5.56 Å². The summed E-state index contributed by atoms with van der Waals surface area (Å²) in [6, 6.07) is 13.8. The minimum atomic E-state index is -0.376. The van der Waals surface area contributed by atoms with Gasteiger partial charge in [-0.3, -0.25) is 14.0 Å². The van der Waals surface area contributed by atoms with Crippen LogP contribution in [0.4, 0.5) is 0 Å². The summed E-state index contributed by atoms with van der Waals surface area (Å²) in [4.78, 5) is 28.8. The molecule has 1 aromatic carbocycles. The van der Waals surface area contributed by atoms with Crippen LogP contribution in [0.15, 0.2) is 59.5 Å². The van der Waals surface area contributed by atoms with Gasteiger partial charge in [-0.05, 0) is 36.2 Å². The molecule has 0 saturated carbocycles. The van der Waals surface area contributed by atoms with E-state index in [0.29, 0.717) is 22.8 Å². The maximum absolute atomic E-state index is 12.4. The largest absolute Gasteiger partial charge is 0.459 e. The molecule has 0 aliphatic rings. The van der Waals surface area contributed by atoms with Crippen LogP contribution in [-0.2, 0) is 16.1 Å². The molecule has 25 heavy (non-hydrogen) atoms. The van der Waals surface area contributed by atoms with Crippen LogP contribution in [0, 0.1) is 0 Å². The van der Waals surface area contributed by atoms with Crippen LogP contribution in [-0.4, -0.2) is 15.4 Å². The molecule has 1 atom stereocenters. The molecule has 0 spiro atoms. The van der Waals surface area contributed by atoms with Crippen LogP contribution in [0.3, 0.4) is 0 Å². The Hall–Kier alpha value is -2.66. The van der Waals surface area contributed by atoms with E-state index in [-0.39, 0.29) is 24.1 Å². The van der Waals surface area contributed by atoms with Gasteiger partial charge >= 0.3 is 5.97 Å². The zero-order valence-electron chi connectivity index (χ0n) is 13.7. The van der Waals surface area contributed by atoms with Gasteiger partial charge in [0.2, 0.25) is 0 Å². The third kappa shape index (κ3) is 3.88. The van der Waals surface area contributed by atoms with E-state index in [9.17, 15) is 9.59 Å². The van der Waals surface area contributed by atoms with Gasteiger partial charge in [0.15, 0.2) is 0 Å². The molecule has 0 aliphatic heterocycles. The van der Waals surface area contributed by atoms with Crippen LogP contribution in [0.2, 0.25) is 5.02 Å². The number of benzene rings is 1. The fourth-order valence-electron chi connectivity index (χ4n) is 2.66.